The lowest BCUT2D eigenvalue weighted by Gasteiger charge is -2.32. The lowest BCUT2D eigenvalue weighted by molar-refractivity contribution is -0.0253. The zero-order chi connectivity index (χ0) is 14.4. The number of hydrogen-bond donors (Lipinski definition) is 1. The quantitative estimate of drug-likeness (QED) is 0.860. The summed E-state index contributed by atoms with van der Waals surface area (Å²) in [5, 5.41) is 3.32. The second kappa shape index (κ2) is 7.57. The Morgan fingerprint density at radius 2 is 2.35 bits per heavy atom. The van der Waals surface area contributed by atoms with Gasteiger partial charge in [0.05, 0.1) is 19.8 Å². The number of morpholine rings is 1. The maximum absolute atomic E-state index is 13.5. The molecule has 1 atom stereocenters. The average Bonchev–Trinajstić information content (AvgIpc) is 2.48. The summed E-state index contributed by atoms with van der Waals surface area (Å²) in [6.45, 7) is 7.39. The molecular formula is C15H23FN2O2. The van der Waals surface area contributed by atoms with E-state index in [2.05, 4.69) is 17.1 Å². The highest BCUT2D eigenvalue weighted by Gasteiger charge is 2.18. The minimum absolute atomic E-state index is 0.215. The molecule has 20 heavy (non-hydrogen) atoms. The van der Waals surface area contributed by atoms with Gasteiger partial charge in [-0.1, -0.05) is 13.0 Å². The number of methoxy groups -OCH3 is 1. The molecule has 1 aliphatic heterocycles. The number of benzene rings is 1. The molecule has 1 fully saturated rings. The summed E-state index contributed by atoms with van der Waals surface area (Å²) in [7, 11) is 1.47. The van der Waals surface area contributed by atoms with Crippen LogP contribution in [0.1, 0.15) is 12.5 Å². The summed E-state index contributed by atoms with van der Waals surface area (Å²) in [4.78, 5) is 2.38. The molecule has 4 nitrogen and oxygen atoms in total. The van der Waals surface area contributed by atoms with E-state index in [9.17, 15) is 4.39 Å². The number of likely N-dealkylation sites (N-methyl/N-ethyl adjacent to an activating group) is 1. The monoisotopic (exact) mass is 282 g/mol. The Labute approximate surface area is 119 Å². The van der Waals surface area contributed by atoms with Crippen LogP contribution < -0.4 is 10.1 Å². The highest BCUT2D eigenvalue weighted by atomic mass is 19.1. The number of ether oxygens (including phenoxy) is 2. The molecule has 0 unspecified atom stereocenters. The topological polar surface area (TPSA) is 33.7 Å². The normalized spacial score (nSPS) is 20.1. The van der Waals surface area contributed by atoms with Crippen molar-refractivity contribution >= 4 is 0 Å². The van der Waals surface area contributed by atoms with E-state index in [4.69, 9.17) is 9.47 Å². The van der Waals surface area contributed by atoms with Gasteiger partial charge in [0.25, 0.3) is 0 Å². The largest absolute Gasteiger partial charge is 0.494 e. The average molecular weight is 282 g/mol. The predicted octanol–water partition coefficient (Wildman–Crippen LogP) is 1.64. The molecule has 2 rings (SSSR count). The zero-order valence-corrected chi connectivity index (χ0v) is 12.2. The predicted molar refractivity (Wildman–Crippen MR) is 76.5 cm³/mol. The molecule has 0 bridgehead atoms. The van der Waals surface area contributed by atoms with E-state index in [1.165, 1.54) is 13.2 Å². The van der Waals surface area contributed by atoms with Crippen molar-refractivity contribution in [3.05, 3.63) is 29.6 Å². The molecule has 1 aromatic carbocycles. The Hall–Kier alpha value is -1.17. The van der Waals surface area contributed by atoms with Gasteiger partial charge in [-0.15, -0.1) is 0 Å². The van der Waals surface area contributed by atoms with Crippen LogP contribution in [0.25, 0.3) is 0 Å². The first kappa shape index (κ1) is 15.2. The van der Waals surface area contributed by atoms with Crippen LogP contribution in [0.15, 0.2) is 18.2 Å². The first-order valence-corrected chi connectivity index (χ1v) is 7.10. The molecule has 112 valence electrons. The van der Waals surface area contributed by atoms with Crippen molar-refractivity contribution < 1.29 is 13.9 Å². The molecule has 1 N–H and O–H groups in total. The Balaban J connectivity index is 1.76. The summed E-state index contributed by atoms with van der Waals surface area (Å²) in [5.41, 5.74) is 0.909. The van der Waals surface area contributed by atoms with Gasteiger partial charge in [-0.05, 0) is 24.2 Å². The zero-order valence-electron chi connectivity index (χ0n) is 12.2. The van der Waals surface area contributed by atoms with Crippen molar-refractivity contribution in [1.29, 1.82) is 0 Å². The SMILES string of the molecule is CCN1CCO[C@H](CNCc2ccc(OC)c(F)c2)C1. The third-order valence-corrected chi connectivity index (χ3v) is 3.59. The minimum Gasteiger partial charge on any atom is -0.494 e. The Morgan fingerprint density at radius 1 is 1.50 bits per heavy atom. The Bertz CT molecular complexity index is 428. The van der Waals surface area contributed by atoms with Crippen molar-refractivity contribution in [3.63, 3.8) is 0 Å². The highest BCUT2D eigenvalue weighted by molar-refractivity contribution is 5.29. The number of nitrogens with one attached hydrogen (secondary N) is 1. The van der Waals surface area contributed by atoms with Crippen LogP contribution in [-0.2, 0) is 11.3 Å². The smallest absolute Gasteiger partial charge is 0.165 e. The van der Waals surface area contributed by atoms with Gasteiger partial charge in [0.2, 0.25) is 0 Å². The molecule has 1 saturated heterocycles. The van der Waals surface area contributed by atoms with E-state index in [1.807, 2.05) is 6.07 Å². The van der Waals surface area contributed by atoms with Crippen LogP contribution in [0.3, 0.4) is 0 Å². The Kier molecular flexibility index (Phi) is 5.76. The maximum atomic E-state index is 13.5. The molecule has 0 spiro atoms. The highest BCUT2D eigenvalue weighted by Crippen LogP contribution is 2.17. The van der Waals surface area contributed by atoms with Crippen LogP contribution in [0, 0.1) is 5.82 Å². The van der Waals surface area contributed by atoms with Crippen LogP contribution in [0.4, 0.5) is 4.39 Å². The second-order valence-electron chi connectivity index (χ2n) is 4.99. The van der Waals surface area contributed by atoms with Gasteiger partial charge in [-0.2, -0.15) is 0 Å². The fourth-order valence-electron chi connectivity index (χ4n) is 2.39. The van der Waals surface area contributed by atoms with Crippen molar-refractivity contribution in [2.75, 3.05) is 39.9 Å². The molecule has 1 aliphatic rings. The standard InChI is InChI=1S/C15H23FN2O2/c1-3-18-6-7-20-13(11-18)10-17-9-12-4-5-15(19-2)14(16)8-12/h4-5,8,13,17H,3,6-7,9-11H2,1-2H3/t13-/m1/s1. The van der Waals surface area contributed by atoms with Gasteiger partial charge in [-0.3, -0.25) is 4.90 Å². The lowest BCUT2D eigenvalue weighted by Crippen LogP contribution is -2.46. The molecule has 0 aromatic heterocycles. The summed E-state index contributed by atoms with van der Waals surface area (Å²) in [6.07, 6.45) is 0.215. The lowest BCUT2D eigenvalue weighted by atomic mass is 10.2. The molecule has 0 amide bonds. The first-order chi connectivity index (χ1) is 9.72. The van der Waals surface area contributed by atoms with E-state index >= 15 is 0 Å². The van der Waals surface area contributed by atoms with Gasteiger partial charge in [-0.25, -0.2) is 4.39 Å². The first-order valence-electron chi connectivity index (χ1n) is 7.10. The van der Waals surface area contributed by atoms with Crippen molar-refractivity contribution in [1.82, 2.24) is 10.2 Å². The molecular weight excluding hydrogens is 259 g/mol. The van der Waals surface area contributed by atoms with Crippen LogP contribution in [-0.4, -0.2) is 50.9 Å². The van der Waals surface area contributed by atoms with E-state index in [0.29, 0.717) is 6.54 Å². The molecule has 0 saturated carbocycles. The Morgan fingerprint density at radius 3 is 3.05 bits per heavy atom. The summed E-state index contributed by atoms with van der Waals surface area (Å²) in [6, 6.07) is 5.03. The van der Waals surface area contributed by atoms with Crippen molar-refractivity contribution in [2.24, 2.45) is 0 Å². The van der Waals surface area contributed by atoms with Gasteiger partial charge >= 0.3 is 0 Å². The fourth-order valence-corrected chi connectivity index (χ4v) is 2.39. The van der Waals surface area contributed by atoms with E-state index in [-0.39, 0.29) is 17.7 Å². The van der Waals surface area contributed by atoms with Gasteiger partial charge < -0.3 is 14.8 Å². The molecule has 0 radical (unpaired) electrons. The van der Waals surface area contributed by atoms with E-state index in [1.54, 1.807) is 6.07 Å². The van der Waals surface area contributed by atoms with Gasteiger partial charge in [0.15, 0.2) is 11.6 Å². The fraction of sp³-hybridized carbons (Fsp3) is 0.600. The van der Waals surface area contributed by atoms with Crippen LogP contribution >= 0.6 is 0 Å². The molecule has 1 aromatic rings. The van der Waals surface area contributed by atoms with E-state index < -0.39 is 0 Å². The van der Waals surface area contributed by atoms with Gasteiger partial charge in [0.1, 0.15) is 0 Å². The van der Waals surface area contributed by atoms with Crippen LogP contribution in [0.5, 0.6) is 5.75 Å². The molecule has 5 heteroatoms. The number of rotatable bonds is 6. The maximum Gasteiger partial charge on any atom is 0.165 e. The number of hydrogen-bond acceptors (Lipinski definition) is 4. The van der Waals surface area contributed by atoms with E-state index in [0.717, 1.165) is 38.3 Å². The number of halogens is 1. The van der Waals surface area contributed by atoms with Gasteiger partial charge in [0, 0.05) is 26.2 Å². The minimum atomic E-state index is -0.321. The van der Waals surface area contributed by atoms with Crippen molar-refractivity contribution in [2.45, 2.75) is 19.6 Å². The second-order valence-corrected chi connectivity index (χ2v) is 4.99. The molecule has 0 aliphatic carbocycles. The van der Waals surface area contributed by atoms with Crippen molar-refractivity contribution in [3.8, 4) is 5.75 Å². The summed E-state index contributed by atoms with van der Waals surface area (Å²) in [5.74, 6) is -0.0409. The molecule has 1 heterocycles. The summed E-state index contributed by atoms with van der Waals surface area (Å²) >= 11 is 0. The third kappa shape index (κ3) is 4.16. The third-order valence-electron chi connectivity index (χ3n) is 3.59. The number of nitrogens with zero attached hydrogens (tertiary/aromatic N) is 1. The van der Waals surface area contributed by atoms with Crippen LogP contribution in [0.2, 0.25) is 0 Å². The summed E-state index contributed by atoms with van der Waals surface area (Å²) < 4.78 is 24.2.